The van der Waals surface area contributed by atoms with E-state index in [9.17, 15) is 4.79 Å². The molecule has 0 saturated heterocycles. The number of aromatic nitrogens is 1. The van der Waals surface area contributed by atoms with Gasteiger partial charge in [-0.05, 0) is 6.92 Å². The van der Waals surface area contributed by atoms with Crippen molar-refractivity contribution < 1.29 is 14.3 Å². The van der Waals surface area contributed by atoms with E-state index in [1.807, 2.05) is 0 Å². The number of carboxylic acids is 1. The molecule has 72 valence electrons. The molecule has 1 unspecified atom stereocenters. The summed E-state index contributed by atoms with van der Waals surface area (Å²) in [6.07, 6.45) is 1.61. The molecule has 1 aromatic heterocycles. The van der Waals surface area contributed by atoms with Gasteiger partial charge < -0.3 is 15.3 Å². The van der Waals surface area contributed by atoms with Gasteiger partial charge in [-0.2, -0.15) is 0 Å². The molecule has 0 spiro atoms. The molecule has 0 aliphatic heterocycles. The molecule has 5 nitrogen and oxygen atoms in total. The Morgan fingerprint density at radius 3 is 2.92 bits per heavy atom. The van der Waals surface area contributed by atoms with Crippen molar-refractivity contribution in [3.63, 3.8) is 0 Å². The fourth-order valence-electron chi connectivity index (χ4n) is 1.02. The number of rotatable bonds is 4. The standard InChI is InChI=1S/C8H12N2O3/c1-5-7(13-4-10-5)2-6(3-9)8(11)12/h4,6H,2-3,9H2,1H3,(H,11,12). The Labute approximate surface area is 75.6 Å². The van der Waals surface area contributed by atoms with Crippen LogP contribution in [0.2, 0.25) is 0 Å². The van der Waals surface area contributed by atoms with Gasteiger partial charge in [0, 0.05) is 13.0 Å². The molecule has 0 bridgehead atoms. The van der Waals surface area contributed by atoms with E-state index in [0.29, 0.717) is 12.2 Å². The monoisotopic (exact) mass is 184 g/mol. The molecular formula is C8H12N2O3. The topological polar surface area (TPSA) is 89.4 Å². The first-order valence-electron chi connectivity index (χ1n) is 3.97. The van der Waals surface area contributed by atoms with Gasteiger partial charge in [-0.25, -0.2) is 4.98 Å². The van der Waals surface area contributed by atoms with Crippen LogP contribution in [0.1, 0.15) is 11.5 Å². The zero-order chi connectivity index (χ0) is 9.84. The van der Waals surface area contributed by atoms with Crippen molar-refractivity contribution >= 4 is 5.97 Å². The molecule has 1 atom stereocenters. The van der Waals surface area contributed by atoms with Gasteiger partial charge in [-0.15, -0.1) is 0 Å². The number of nitrogens with two attached hydrogens (primary N) is 1. The summed E-state index contributed by atoms with van der Waals surface area (Å²) in [5.41, 5.74) is 6.02. The summed E-state index contributed by atoms with van der Waals surface area (Å²) < 4.78 is 5.02. The van der Waals surface area contributed by atoms with E-state index in [1.165, 1.54) is 6.39 Å². The molecule has 1 heterocycles. The van der Waals surface area contributed by atoms with Crippen molar-refractivity contribution in [1.82, 2.24) is 4.98 Å². The predicted octanol–water partition coefficient (Wildman–Crippen LogP) is 0.185. The van der Waals surface area contributed by atoms with Crippen LogP contribution < -0.4 is 5.73 Å². The maximum Gasteiger partial charge on any atom is 0.308 e. The maximum absolute atomic E-state index is 10.6. The lowest BCUT2D eigenvalue weighted by atomic mass is 10.0. The average molecular weight is 184 g/mol. The molecule has 5 heteroatoms. The number of hydrogen-bond donors (Lipinski definition) is 2. The summed E-state index contributed by atoms with van der Waals surface area (Å²) in [6.45, 7) is 1.88. The van der Waals surface area contributed by atoms with Crippen LogP contribution in [-0.2, 0) is 11.2 Å². The summed E-state index contributed by atoms with van der Waals surface area (Å²) >= 11 is 0. The third-order valence-electron chi connectivity index (χ3n) is 1.91. The summed E-state index contributed by atoms with van der Waals surface area (Å²) in [5.74, 6) is -0.900. The second kappa shape index (κ2) is 4.04. The van der Waals surface area contributed by atoms with E-state index in [-0.39, 0.29) is 6.54 Å². The number of carboxylic acid groups (broad SMARTS) is 1. The van der Waals surface area contributed by atoms with Crippen LogP contribution in [0.5, 0.6) is 0 Å². The fraction of sp³-hybridized carbons (Fsp3) is 0.500. The Bertz CT molecular complexity index is 295. The number of oxazole rings is 1. The Balaban J connectivity index is 2.67. The van der Waals surface area contributed by atoms with Crippen molar-refractivity contribution in [3.8, 4) is 0 Å². The highest BCUT2D eigenvalue weighted by molar-refractivity contribution is 5.70. The second-order valence-electron chi connectivity index (χ2n) is 2.84. The van der Waals surface area contributed by atoms with Crippen LogP contribution in [0.4, 0.5) is 0 Å². The summed E-state index contributed by atoms with van der Waals surface area (Å²) in [7, 11) is 0. The molecule has 13 heavy (non-hydrogen) atoms. The predicted molar refractivity (Wildman–Crippen MR) is 45.1 cm³/mol. The molecule has 0 radical (unpaired) electrons. The summed E-state index contributed by atoms with van der Waals surface area (Å²) in [6, 6.07) is 0. The van der Waals surface area contributed by atoms with Crippen molar-refractivity contribution in [1.29, 1.82) is 0 Å². The number of aliphatic carboxylic acids is 1. The van der Waals surface area contributed by atoms with E-state index in [2.05, 4.69) is 4.98 Å². The van der Waals surface area contributed by atoms with Crippen molar-refractivity contribution in [2.24, 2.45) is 11.7 Å². The molecule has 1 aromatic rings. The minimum atomic E-state index is -0.904. The first-order chi connectivity index (χ1) is 6.15. The van der Waals surface area contributed by atoms with Crippen LogP contribution in [0.3, 0.4) is 0 Å². The first kappa shape index (κ1) is 9.73. The SMILES string of the molecule is Cc1ncoc1CC(CN)C(=O)O. The lowest BCUT2D eigenvalue weighted by Crippen LogP contribution is -2.25. The molecule has 0 aromatic carbocycles. The van der Waals surface area contributed by atoms with Crippen LogP contribution in [0.15, 0.2) is 10.8 Å². The zero-order valence-electron chi connectivity index (χ0n) is 7.36. The van der Waals surface area contributed by atoms with Gasteiger partial charge in [-0.3, -0.25) is 4.79 Å². The van der Waals surface area contributed by atoms with Gasteiger partial charge in [0.25, 0.3) is 0 Å². The van der Waals surface area contributed by atoms with Gasteiger partial charge in [0.2, 0.25) is 0 Å². The number of hydrogen-bond acceptors (Lipinski definition) is 4. The lowest BCUT2D eigenvalue weighted by molar-refractivity contribution is -0.141. The van der Waals surface area contributed by atoms with Crippen molar-refractivity contribution in [2.75, 3.05) is 6.54 Å². The van der Waals surface area contributed by atoms with Crippen LogP contribution in [0, 0.1) is 12.8 Å². The minimum absolute atomic E-state index is 0.107. The highest BCUT2D eigenvalue weighted by Crippen LogP contribution is 2.11. The molecule has 1 rings (SSSR count). The van der Waals surface area contributed by atoms with Crippen molar-refractivity contribution in [3.05, 3.63) is 17.8 Å². The minimum Gasteiger partial charge on any atom is -0.481 e. The molecule has 0 saturated carbocycles. The molecule has 0 aliphatic rings. The third-order valence-corrected chi connectivity index (χ3v) is 1.91. The molecule has 3 N–H and O–H groups in total. The van der Waals surface area contributed by atoms with E-state index >= 15 is 0 Å². The lowest BCUT2D eigenvalue weighted by Gasteiger charge is -2.06. The Kier molecular flexibility index (Phi) is 3.02. The van der Waals surface area contributed by atoms with Gasteiger partial charge >= 0.3 is 5.97 Å². The number of carbonyl (C=O) groups is 1. The quantitative estimate of drug-likeness (QED) is 0.697. The second-order valence-corrected chi connectivity index (χ2v) is 2.84. The molecule has 0 amide bonds. The van der Waals surface area contributed by atoms with Crippen LogP contribution in [0.25, 0.3) is 0 Å². The first-order valence-corrected chi connectivity index (χ1v) is 3.97. The smallest absolute Gasteiger partial charge is 0.308 e. The number of nitrogens with zero attached hydrogens (tertiary/aromatic N) is 1. The van der Waals surface area contributed by atoms with Gasteiger partial charge in [0.1, 0.15) is 5.76 Å². The zero-order valence-corrected chi connectivity index (χ0v) is 7.36. The maximum atomic E-state index is 10.6. The summed E-state index contributed by atoms with van der Waals surface area (Å²) in [5, 5.41) is 8.72. The van der Waals surface area contributed by atoms with Gasteiger partial charge in [0.15, 0.2) is 6.39 Å². The van der Waals surface area contributed by atoms with E-state index in [0.717, 1.165) is 5.69 Å². The normalized spacial score (nSPS) is 12.8. The fourth-order valence-corrected chi connectivity index (χ4v) is 1.02. The van der Waals surface area contributed by atoms with Crippen LogP contribution >= 0.6 is 0 Å². The van der Waals surface area contributed by atoms with Gasteiger partial charge in [0.05, 0.1) is 11.6 Å². The highest BCUT2D eigenvalue weighted by Gasteiger charge is 2.18. The molecule has 0 aliphatic carbocycles. The highest BCUT2D eigenvalue weighted by atomic mass is 16.4. The Hall–Kier alpha value is -1.36. The van der Waals surface area contributed by atoms with E-state index < -0.39 is 11.9 Å². The van der Waals surface area contributed by atoms with E-state index in [1.54, 1.807) is 6.92 Å². The average Bonchev–Trinajstić information content (AvgIpc) is 2.46. The van der Waals surface area contributed by atoms with Crippen molar-refractivity contribution in [2.45, 2.75) is 13.3 Å². The largest absolute Gasteiger partial charge is 0.481 e. The molecular weight excluding hydrogens is 172 g/mol. The van der Waals surface area contributed by atoms with Crippen LogP contribution in [-0.4, -0.2) is 22.6 Å². The summed E-state index contributed by atoms with van der Waals surface area (Å²) in [4.78, 5) is 14.5. The third kappa shape index (κ3) is 2.29. The number of aryl methyl sites for hydroxylation is 1. The van der Waals surface area contributed by atoms with E-state index in [4.69, 9.17) is 15.3 Å². The molecule has 0 fully saturated rings. The Morgan fingerprint density at radius 2 is 2.54 bits per heavy atom. The Morgan fingerprint density at radius 1 is 1.85 bits per heavy atom. The van der Waals surface area contributed by atoms with Gasteiger partial charge in [-0.1, -0.05) is 0 Å².